The molecule has 10 N–H and O–H groups in total. The normalized spacial score (nSPS) is 16.1. The average Bonchev–Trinajstić information content (AvgIpc) is 3.76. The van der Waals surface area contributed by atoms with Crippen LogP contribution in [-0.4, -0.2) is 172 Å². The molecule has 1 aromatic carbocycles. The molecule has 3 heterocycles. The number of piperidine rings is 2. The maximum atomic E-state index is 14.1. The second-order valence-electron chi connectivity index (χ2n) is 16.3. The van der Waals surface area contributed by atoms with E-state index < -0.39 is 116 Å². The van der Waals surface area contributed by atoms with Crippen molar-refractivity contribution in [3.8, 4) is 5.69 Å². The molecular formula is C41H54FN9O16. The highest BCUT2D eigenvalue weighted by Crippen LogP contribution is 2.27. The molecule has 0 bridgehead atoms. The first kappa shape index (κ1) is 52.2. The van der Waals surface area contributed by atoms with E-state index in [9.17, 15) is 72.8 Å². The number of halogens is 1. The van der Waals surface area contributed by atoms with Crippen molar-refractivity contribution in [3.63, 3.8) is 0 Å². The number of carboxylic acid groups (broad SMARTS) is 6. The van der Waals surface area contributed by atoms with Gasteiger partial charge in [-0.05, 0) is 94.2 Å². The van der Waals surface area contributed by atoms with Crippen LogP contribution in [0.4, 0.5) is 14.0 Å². The highest BCUT2D eigenvalue weighted by atomic mass is 19.1. The number of nitrogens with one attached hydrogen (secondary N) is 4. The van der Waals surface area contributed by atoms with E-state index in [1.807, 2.05) is 0 Å². The van der Waals surface area contributed by atoms with Gasteiger partial charge < -0.3 is 61.7 Å². The second kappa shape index (κ2) is 24.8. The number of urea groups is 2. The van der Waals surface area contributed by atoms with E-state index in [-0.39, 0.29) is 74.8 Å². The molecule has 2 fully saturated rings. The summed E-state index contributed by atoms with van der Waals surface area (Å²) < 4.78 is 14.3. The Morgan fingerprint density at radius 2 is 0.985 bits per heavy atom. The van der Waals surface area contributed by atoms with Crippen LogP contribution in [0.15, 0.2) is 24.4 Å². The lowest BCUT2D eigenvalue weighted by molar-refractivity contribution is -0.142. The number of rotatable bonds is 24. The van der Waals surface area contributed by atoms with Crippen molar-refractivity contribution in [1.29, 1.82) is 0 Å². The highest BCUT2D eigenvalue weighted by molar-refractivity contribution is 6.01. The quantitative estimate of drug-likeness (QED) is 0.0695. The summed E-state index contributed by atoms with van der Waals surface area (Å²) in [4.78, 5) is 125. The van der Waals surface area contributed by atoms with E-state index in [1.54, 1.807) is 6.20 Å². The molecule has 0 radical (unpaired) electrons. The summed E-state index contributed by atoms with van der Waals surface area (Å²) in [6.45, 7) is 0.0638. The molecule has 366 valence electrons. The molecule has 1 aromatic heterocycles. The van der Waals surface area contributed by atoms with E-state index in [1.165, 1.54) is 32.7 Å². The molecule has 0 aliphatic carbocycles. The van der Waals surface area contributed by atoms with Gasteiger partial charge in [-0.25, -0.2) is 33.4 Å². The number of alkyl halides is 1. The molecule has 26 heteroatoms. The number of aromatic nitrogens is 3. The number of carbonyl (C=O) groups is 10. The number of carbonyl (C=O) groups excluding carboxylic acids is 4. The van der Waals surface area contributed by atoms with E-state index in [0.29, 0.717) is 37.1 Å². The lowest BCUT2D eigenvalue weighted by Gasteiger charge is -2.34. The predicted octanol–water partition coefficient (Wildman–Crippen LogP) is 0.795. The number of carboxylic acids is 6. The van der Waals surface area contributed by atoms with Gasteiger partial charge in [-0.2, -0.15) is 0 Å². The van der Waals surface area contributed by atoms with Crippen LogP contribution < -0.4 is 21.3 Å². The molecule has 2 aromatic rings. The number of nitrogens with zero attached hydrogens (tertiary/aromatic N) is 5. The first-order valence-corrected chi connectivity index (χ1v) is 21.4. The van der Waals surface area contributed by atoms with Crippen molar-refractivity contribution < 1.29 is 83.0 Å². The zero-order chi connectivity index (χ0) is 49.4. The Labute approximate surface area is 381 Å². The minimum atomic E-state index is -1.58. The lowest BCUT2D eigenvalue weighted by Crippen LogP contribution is -2.52. The average molecular weight is 948 g/mol. The highest BCUT2D eigenvalue weighted by Gasteiger charge is 2.33. The van der Waals surface area contributed by atoms with Crippen molar-refractivity contribution >= 4 is 59.7 Å². The van der Waals surface area contributed by atoms with Crippen LogP contribution in [0.1, 0.15) is 97.0 Å². The summed E-state index contributed by atoms with van der Waals surface area (Å²) in [5.41, 5.74) is 0.967. The maximum absolute atomic E-state index is 14.1. The summed E-state index contributed by atoms with van der Waals surface area (Å²) >= 11 is 0. The van der Waals surface area contributed by atoms with Crippen molar-refractivity contribution in [1.82, 2.24) is 46.1 Å². The van der Waals surface area contributed by atoms with Gasteiger partial charge in [0.1, 0.15) is 24.2 Å². The Bertz CT molecular complexity index is 2030. The molecule has 67 heavy (non-hydrogen) atoms. The van der Waals surface area contributed by atoms with Crippen molar-refractivity contribution in [2.45, 2.75) is 101 Å². The summed E-state index contributed by atoms with van der Waals surface area (Å²) in [6, 6.07) is -3.81. The van der Waals surface area contributed by atoms with E-state index >= 15 is 0 Å². The molecule has 6 amide bonds. The van der Waals surface area contributed by atoms with Gasteiger partial charge in [0.05, 0.1) is 24.3 Å². The van der Waals surface area contributed by atoms with Gasteiger partial charge >= 0.3 is 47.9 Å². The third-order valence-electron chi connectivity index (χ3n) is 11.4. The number of hydrogen-bond donors (Lipinski definition) is 10. The summed E-state index contributed by atoms with van der Waals surface area (Å²) in [5.74, 6) is -9.87. The molecule has 0 spiro atoms. The third kappa shape index (κ3) is 16.2. The van der Waals surface area contributed by atoms with Crippen molar-refractivity contribution in [2.75, 3.05) is 32.9 Å². The van der Waals surface area contributed by atoms with Crippen LogP contribution in [0.5, 0.6) is 0 Å². The van der Waals surface area contributed by atoms with Crippen molar-refractivity contribution in [2.24, 2.45) is 11.8 Å². The third-order valence-corrected chi connectivity index (χ3v) is 11.4. The second-order valence-corrected chi connectivity index (χ2v) is 16.3. The molecule has 25 nitrogen and oxygen atoms in total. The molecule has 4 atom stereocenters. The van der Waals surface area contributed by atoms with Gasteiger partial charge in [-0.15, -0.1) is 5.10 Å². The van der Waals surface area contributed by atoms with Gasteiger partial charge in [-0.3, -0.25) is 23.6 Å². The largest absolute Gasteiger partial charge is 0.481 e. The smallest absolute Gasteiger partial charge is 0.326 e. The van der Waals surface area contributed by atoms with Crippen LogP contribution in [0, 0.1) is 11.8 Å². The SMILES string of the molecule is O=C(O)CC[C@H](NC(=O)NC(CC1CCN(C(=O)c2cc(C(=O)N3CCC(C[C@H](NC(=O)N[C@H](CCC(=O)O)C(=O)O)C(=O)O)CC3)cc(-n3cc(CCCF)nn3)c2)CC1)C(=O)O)C(=O)O. The topological polar surface area (TPSA) is 377 Å². The fourth-order valence-corrected chi connectivity index (χ4v) is 7.76. The molecule has 2 aliphatic rings. The molecule has 4 rings (SSSR count). The molecule has 1 unspecified atom stereocenters. The first-order valence-electron chi connectivity index (χ1n) is 21.4. The van der Waals surface area contributed by atoms with Gasteiger partial charge in [0.15, 0.2) is 0 Å². The number of likely N-dealkylation sites (tertiary alicyclic amines) is 2. The lowest BCUT2D eigenvalue weighted by atomic mass is 9.89. The first-order chi connectivity index (χ1) is 31.7. The standard InChI is InChI=1S/C41H54FN9O16/c42-11-1-2-26-21-51(48-47-26)27-19-24(34(56)49-12-7-22(8-13-49)16-30(38(62)63)45-40(66)43-28(36(58)59)3-5-32(52)53)18-25(20-27)35(57)50-14-9-23(10-15-50)17-31(39(64)65)46-41(67)44-29(37(60)61)4-6-33(54)55/h18-23,28-31H,1-17H2,(H,52,53)(H,54,55)(H,58,59)(H,60,61)(H,62,63)(H,64,65)(H2,43,45,66)(H2,44,46,67)/t28-,29+,30+,31?/m1/s1. The Balaban J connectivity index is 1.43. The fraction of sp³-hybridized carbons (Fsp3) is 0.561. The Kier molecular flexibility index (Phi) is 19.3. The van der Waals surface area contributed by atoms with Gasteiger partial charge in [0, 0.05) is 50.1 Å². The Morgan fingerprint density at radius 3 is 1.34 bits per heavy atom. The molecule has 2 aliphatic heterocycles. The Morgan fingerprint density at radius 1 is 0.597 bits per heavy atom. The van der Waals surface area contributed by atoms with Gasteiger partial charge in [0.2, 0.25) is 0 Å². The zero-order valence-electron chi connectivity index (χ0n) is 36.2. The number of aryl methyl sites for hydroxylation is 1. The number of benzene rings is 1. The monoisotopic (exact) mass is 947 g/mol. The van der Waals surface area contributed by atoms with Crippen LogP contribution in [0.25, 0.3) is 5.69 Å². The Hall–Kier alpha value is -7.41. The number of hydrogen-bond acceptors (Lipinski definition) is 12. The zero-order valence-corrected chi connectivity index (χ0v) is 36.2. The molecule has 2 saturated heterocycles. The van der Waals surface area contributed by atoms with Crippen molar-refractivity contribution in [3.05, 3.63) is 41.2 Å². The van der Waals surface area contributed by atoms with E-state index in [0.717, 1.165) is 0 Å². The minimum absolute atomic E-state index is 0.0638. The molecular weight excluding hydrogens is 893 g/mol. The minimum Gasteiger partial charge on any atom is -0.481 e. The van der Waals surface area contributed by atoms with Crippen LogP contribution in [0.2, 0.25) is 0 Å². The van der Waals surface area contributed by atoms with Crippen LogP contribution in [-0.2, 0) is 35.2 Å². The number of aliphatic carboxylic acids is 6. The van der Waals surface area contributed by atoms with Crippen LogP contribution >= 0.6 is 0 Å². The summed E-state index contributed by atoms with van der Waals surface area (Å²) in [6.07, 6.45) is 1.19. The summed E-state index contributed by atoms with van der Waals surface area (Å²) in [7, 11) is 0. The molecule has 0 saturated carbocycles. The van der Waals surface area contributed by atoms with Gasteiger partial charge in [-0.1, -0.05) is 5.21 Å². The fourth-order valence-electron chi connectivity index (χ4n) is 7.76. The van der Waals surface area contributed by atoms with E-state index in [4.69, 9.17) is 10.2 Å². The van der Waals surface area contributed by atoms with Gasteiger partial charge in [0.25, 0.3) is 11.8 Å². The van der Waals surface area contributed by atoms with E-state index in [2.05, 4.69) is 31.6 Å². The summed E-state index contributed by atoms with van der Waals surface area (Å²) in [5, 5.41) is 72.9. The predicted molar refractivity (Wildman–Crippen MR) is 225 cm³/mol. The number of amides is 6. The van der Waals surface area contributed by atoms with Crippen LogP contribution in [0.3, 0.4) is 0 Å². The maximum Gasteiger partial charge on any atom is 0.326 e.